The van der Waals surface area contributed by atoms with Crippen molar-refractivity contribution in [2.45, 2.75) is 45.0 Å². The molecule has 0 saturated heterocycles. The highest BCUT2D eigenvalue weighted by molar-refractivity contribution is 5.72. The summed E-state index contributed by atoms with van der Waals surface area (Å²) in [6, 6.07) is 8.04. The first-order valence-electron chi connectivity index (χ1n) is 7.77. The van der Waals surface area contributed by atoms with Gasteiger partial charge in [0.05, 0.1) is 12.5 Å². The van der Waals surface area contributed by atoms with Gasteiger partial charge in [-0.25, -0.2) is 8.78 Å². The Hall–Kier alpha value is -1.65. The number of halogens is 2. The lowest BCUT2D eigenvalue weighted by Gasteiger charge is -2.27. The van der Waals surface area contributed by atoms with Crippen LogP contribution in [0.15, 0.2) is 24.3 Å². The number of carbonyl (C=O) groups excluding carboxylic acids is 1. The van der Waals surface area contributed by atoms with Gasteiger partial charge in [0.1, 0.15) is 5.75 Å². The fourth-order valence-electron chi connectivity index (χ4n) is 2.93. The van der Waals surface area contributed by atoms with Gasteiger partial charge in [-0.3, -0.25) is 4.79 Å². The largest absolute Gasteiger partial charge is 0.494 e. The van der Waals surface area contributed by atoms with E-state index in [0.717, 1.165) is 18.6 Å². The first-order valence-corrected chi connectivity index (χ1v) is 7.77. The van der Waals surface area contributed by atoms with Gasteiger partial charge in [-0.05, 0) is 56.2 Å². The molecule has 2 rings (SSSR count). The van der Waals surface area contributed by atoms with E-state index in [9.17, 15) is 13.6 Å². The standard InChI is InChI=1S/C17H22F2O3/c1-2-21-15-9-7-13(8-10-15)12-3-5-14(6-4-12)17(20)22-11-16(18)19/h7-10,12,14,16H,2-6,11H2,1H3. The monoisotopic (exact) mass is 312 g/mol. The maximum absolute atomic E-state index is 12.0. The molecule has 0 atom stereocenters. The Labute approximate surface area is 129 Å². The summed E-state index contributed by atoms with van der Waals surface area (Å²) in [7, 11) is 0. The summed E-state index contributed by atoms with van der Waals surface area (Å²) < 4.78 is 34.1. The molecule has 1 aliphatic rings. The molecule has 0 aliphatic heterocycles. The highest BCUT2D eigenvalue weighted by Crippen LogP contribution is 2.36. The Morgan fingerprint density at radius 3 is 2.36 bits per heavy atom. The van der Waals surface area contributed by atoms with Crippen LogP contribution >= 0.6 is 0 Å². The second kappa shape index (κ2) is 8.11. The number of benzene rings is 1. The molecule has 22 heavy (non-hydrogen) atoms. The second-order valence-electron chi connectivity index (χ2n) is 5.57. The van der Waals surface area contributed by atoms with Crippen molar-refractivity contribution in [2.24, 2.45) is 5.92 Å². The average Bonchev–Trinajstić information content (AvgIpc) is 2.54. The summed E-state index contributed by atoms with van der Waals surface area (Å²) in [5.74, 6) is 0.550. The summed E-state index contributed by atoms with van der Waals surface area (Å²) >= 11 is 0. The summed E-state index contributed by atoms with van der Waals surface area (Å²) in [4.78, 5) is 11.7. The van der Waals surface area contributed by atoms with Crippen LogP contribution in [0.25, 0.3) is 0 Å². The third-order valence-corrected chi connectivity index (χ3v) is 4.07. The number of rotatable bonds is 6. The van der Waals surface area contributed by atoms with Gasteiger partial charge in [0.2, 0.25) is 0 Å². The summed E-state index contributed by atoms with van der Waals surface area (Å²) in [6.07, 6.45) is 0.550. The Morgan fingerprint density at radius 1 is 1.18 bits per heavy atom. The molecule has 122 valence electrons. The zero-order chi connectivity index (χ0) is 15.9. The number of ether oxygens (including phenoxy) is 2. The van der Waals surface area contributed by atoms with E-state index in [1.807, 2.05) is 19.1 Å². The normalized spacial score (nSPS) is 21.6. The van der Waals surface area contributed by atoms with E-state index in [2.05, 4.69) is 16.9 Å². The lowest BCUT2D eigenvalue weighted by atomic mass is 9.79. The van der Waals surface area contributed by atoms with Crippen LogP contribution in [0, 0.1) is 5.92 Å². The third kappa shape index (κ3) is 4.68. The van der Waals surface area contributed by atoms with Crippen molar-refractivity contribution in [1.82, 2.24) is 0 Å². The predicted molar refractivity (Wildman–Crippen MR) is 79.3 cm³/mol. The number of carbonyl (C=O) groups is 1. The molecule has 1 aromatic carbocycles. The molecule has 0 heterocycles. The van der Waals surface area contributed by atoms with E-state index in [4.69, 9.17) is 4.74 Å². The molecule has 0 amide bonds. The van der Waals surface area contributed by atoms with Crippen LogP contribution in [0.5, 0.6) is 5.75 Å². The van der Waals surface area contributed by atoms with Gasteiger partial charge in [0.25, 0.3) is 6.43 Å². The summed E-state index contributed by atoms with van der Waals surface area (Å²) in [5.41, 5.74) is 1.24. The van der Waals surface area contributed by atoms with Gasteiger partial charge < -0.3 is 9.47 Å². The summed E-state index contributed by atoms with van der Waals surface area (Å²) in [6.45, 7) is 1.80. The van der Waals surface area contributed by atoms with E-state index in [0.29, 0.717) is 25.4 Å². The molecule has 1 aromatic rings. The highest BCUT2D eigenvalue weighted by Gasteiger charge is 2.28. The van der Waals surface area contributed by atoms with Gasteiger partial charge in [-0.1, -0.05) is 12.1 Å². The van der Waals surface area contributed by atoms with Gasteiger partial charge in [0.15, 0.2) is 6.61 Å². The van der Waals surface area contributed by atoms with Crippen LogP contribution in [-0.4, -0.2) is 25.6 Å². The fraction of sp³-hybridized carbons (Fsp3) is 0.588. The van der Waals surface area contributed by atoms with Crippen molar-refractivity contribution in [1.29, 1.82) is 0 Å². The van der Waals surface area contributed by atoms with E-state index in [1.54, 1.807) is 0 Å². The van der Waals surface area contributed by atoms with Crippen molar-refractivity contribution in [3.8, 4) is 5.75 Å². The molecular formula is C17H22F2O3. The minimum atomic E-state index is -2.59. The van der Waals surface area contributed by atoms with Gasteiger partial charge in [0, 0.05) is 0 Å². The van der Waals surface area contributed by atoms with Crippen molar-refractivity contribution in [3.63, 3.8) is 0 Å². The van der Waals surface area contributed by atoms with Crippen LogP contribution < -0.4 is 4.74 Å². The molecule has 0 N–H and O–H groups in total. The molecule has 3 nitrogen and oxygen atoms in total. The van der Waals surface area contributed by atoms with Crippen LogP contribution in [-0.2, 0) is 9.53 Å². The molecule has 1 aliphatic carbocycles. The quantitative estimate of drug-likeness (QED) is 0.740. The van der Waals surface area contributed by atoms with Crippen LogP contribution in [0.4, 0.5) is 8.78 Å². The highest BCUT2D eigenvalue weighted by atomic mass is 19.3. The minimum absolute atomic E-state index is 0.238. The minimum Gasteiger partial charge on any atom is -0.494 e. The Balaban J connectivity index is 1.82. The van der Waals surface area contributed by atoms with E-state index < -0.39 is 19.0 Å². The Kier molecular flexibility index (Phi) is 6.16. The summed E-state index contributed by atoms with van der Waals surface area (Å²) in [5, 5.41) is 0. The molecule has 0 unspecified atom stereocenters. The van der Waals surface area contributed by atoms with Gasteiger partial charge in [-0.2, -0.15) is 0 Å². The SMILES string of the molecule is CCOc1ccc(C2CCC(C(=O)OCC(F)F)CC2)cc1. The lowest BCUT2D eigenvalue weighted by Crippen LogP contribution is -2.24. The maximum atomic E-state index is 12.0. The number of alkyl halides is 2. The molecule has 0 radical (unpaired) electrons. The predicted octanol–water partition coefficient (Wildman–Crippen LogP) is 4.17. The number of esters is 1. The van der Waals surface area contributed by atoms with Gasteiger partial charge in [-0.15, -0.1) is 0 Å². The Morgan fingerprint density at radius 2 is 1.82 bits per heavy atom. The van der Waals surface area contributed by atoms with E-state index >= 15 is 0 Å². The van der Waals surface area contributed by atoms with Crippen molar-refractivity contribution >= 4 is 5.97 Å². The Bertz CT molecular complexity index is 465. The lowest BCUT2D eigenvalue weighted by molar-refractivity contribution is -0.153. The molecular weight excluding hydrogens is 290 g/mol. The first kappa shape index (κ1) is 16.7. The first-order chi connectivity index (χ1) is 10.6. The van der Waals surface area contributed by atoms with E-state index in [-0.39, 0.29) is 5.92 Å². The van der Waals surface area contributed by atoms with Crippen LogP contribution in [0.2, 0.25) is 0 Å². The topological polar surface area (TPSA) is 35.5 Å². The molecule has 0 aromatic heterocycles. The van der Waals surface area contributed by atoms with Crippen molar-refractivity contribution in [2.75, 3.05) is 13.2 Å². The maximum Gasteiger partial charge on any atom is 0.309 e. The van der Waals surface area contributed by atoms with Crippen LogP contribution in [0.3, 0.4) is 0 Å². The van der Waals surface area contributed by atoms with Crippen LogP contribution in [0.1, 0.15) is 44.1 Å². The number of hydrogen-bond donors (Lipinski definition) is 0. The third-order valence-electron chi connectivity index (χ3n) is 4.07. The van der Waals surface area contributed by atoms with Crippen molar-refractivity contribution in [3.05, 3.63) is 29.8 Å². The molecule has 1 fully saturated rings. The smallest absolute Gasteiger partial charge is 0.309 e. The zero-order valence-electron chi connectivity index (χ0n) is 12.8. The van der Waals surface area contributed by atoms with Gasteiger partial charge >= 0.3 is 5.97 Å². The molecule has 0 bridgehead atoms. The second-order valence-corrected chi connectivity index (χ2v) is 5.57. The molecule has 5 heteroatoms. The van der Waals surface area contributed by atoms with Crippen molar-refractivity contribution < 1.29 is 23.0 Å². The zero-order valence-corrected chi connectivity index (χ0v) is 12.8. The van der Waals surface area contributed by atoms with E-state index in [1.165, 1.54) is 5.56 Å². The molecule has 1 saturated carbocycles. The molecule has 0 spiro atoms. The fourth-order valence-corrected chi connectivity index (χ4v) is 2.93. The number of hydrogen-bond acceptors (Lipinski definition) is 3. The average molecular weight is 312 g/mol.